The summed E-state index contributed by atoms with van der Waals surface area (Å²) in [6.45, 7) is 2.05. The SMILES string of the molecule is CCOC(=O)Cn1c(CCc2cccc(F)c2F)cc(=O)c2c1CCC2. The van der Waals surface area contributed by atoms with E-state index < -0.39 is 11.6 Å². The molecule has 1 heterocycles. The molecule has 26 heavy (non-hydrogen) atoms. The van der Waals surface area contributed by atoms with E-state index in [-0.39, 0.29) is 36.5 Å². The molecule has 0 spiro atoms. The summed E-state index contributed by atoms with van der Waals surface area (Å²) < 4.78 is 34.1. The largest absolute Gasteiger partial charge is 0.465 e. The maximum Gasteiger partial charge on any atom is 0.325 e. The molecule has 0 saturated carbocycles. The van der Waals surface area contributed by atoms with Crippen LogP contribution in [0.4, 0.5) is 8.78 Å². The number of hydrogen-bond donors (Lipinski definition) is 0. The van der Waals surface area contributed by atoms with Crippen molar-refractivity contribution >= 4 is 5.97 Å². The Morgan fingerprint density at radius 3 is 2.81 bits per heavy atom. The summed E-state index contributed by atoms with van der Waals surface area (Å²) in [6.07, 6.45) is 2.88. The minimum atomic E-state index is -0.889. The fourth-order valence-electron chi connectivity index (χ4n) is 3.52. The van der Waals surface area contributed by atoms with Crippen LogP contribution in [-0.2, 0) is 41.8 Å². The highest BCUT2D eigenvalue weighted by atomic mass is 19.2. The molecule has 0 fully saturated rings. The molecule has 138 valence electrons. The van der Waals surface area contributed by atoms with E-state index in [1.165, 1.54) is 18.2 Å². The van der Waals surface area contributed by atoms with Gasteiger partial charge in [-0.05, 0) is 50.7 Å². The lowest BCUT2D eigenvalue weighted by atomic mass is 10.0. The number of benzene rings is 1. The summed E-state index contributed by atoms with van der Waals surface area (Å²) in [5.41, 5.74) is 2.45. The molecule has 2 aromatic rings. The first kappa shape index (κ1) is 18.3. The second-order valence-corrected chi connectivity index (χ2v) is 6.38. The molecule has 0 N–H and O–H groups in total. The minimum Gasteiger partial charge on any atom is -0.465 e. The van der Waals surface area contributed by atoms with Crippen LogP contribution >= 0.6 is 0 Å². The predicted molar refractivity (Wildman–Crippen MR) is 93.1 cm³/mol. The number of halogens is 2. The highest BCUT2D eigenvalue weighted by Gasteiger charge is 2.22. The maximum absolute atomic E-state index is 13.9. The number of aryl methyl sites for hydroxylation is 2. The smallest absolute Gasteiger partial charge is 0.325 e. The third-order valence-corrected chi connectivity index (χ3v) is 4.73. The number of rotatable bonds is 6. The highest BCUT2D eigenvalue weighted by molar-refractivity contribution is 5.69. The van der Waals surface area contributed by atoms with Gasteiger partial charge in [0.15, 0.2) is 17.1 Å². The van der Waals surface area contributed by atoms with Gasteiger partial charge in [0.2, 0.25) is 0 Å². The third-order valence-electron chi connectivity index (χ3n) is 4.73. The van der Waals surface area contributed by atoms with Gasteiger partial charge in [-0.1, -0.05) is 12.1 Å². The van der Waals surface area contributed by atoms with Crippen LogP contribution in [0.5, 0.6) is 0 Å². The first-order chi connectivity index (χ1) is 12.5. The van der Waals surface area contributed by atoms with Crippen LogP contribution in [0, 0.1) is 11.6 Å². The van der Waals surface area contributed by atoms with Crippen molar-refractivity contribution in [2.24, 2.45) is 0 Å². The first-order valence-corrected chi connectivity index (χ1v) is 8.84. The Labute approximate surface area is 150 Å². The van der Waals surface area contributed by atoms with E-state index in [1.54, 1.807) is 6.92 Å². The molecule has 1 aromatic heterocycles. The predicted octanol–water partition coefficient (Wildman–Crippen LogP) is 2.96. The van der Waals surface area contributed by atoms with Crippen molar-refractivity contribution in [1.29, 1.82) is 0 Å². The van der Waals surface area contributed by atoms with Crippen molar-refractivity contribution in [1.82, 2.24) is 4.57 Å². The second-order valence-electron chi connectivity index (χ2n) is 6.38. The van der Waals surface area contributed by atoms with Gasteiger partial charge in [-0.3, -0.25) is 9.59 Å². The Kier molecular flexibility index (Phi) is 5.49. The normalized spacial score (nSPS) is 12.9. The van der Waals surface area contributed by atoms with Gasteiger partial charge >= 0.3 is 5.97 Å². The average molecular weight is 361 g/mol. The third kappa shape index (κ3) is 3.69. The molecule has 4 nitrogen and oxygen atoms in total. The van der Waals surface area contributed by atoms with Crippen molar-refractivity contribution in [3.63, 3.8) is 0 Å². The Morgan fingerprint density at radius 1 is 1.23 bits per heavy atom. The fraction of sp³-hybridized carbons (Fsp3) is 0.400. The lowest BCUT2D eigenvalue weighted by Crippen LogP contribution is -2.24. The first-order valence-electron chi connectivity index (χ1n) is 8.84. The lowest BCUT2D eigenvalue weighted by Gasteiger charge is -2.18. The number of carbonyl (C=O) groups excluding carboxylic acids is 1. The molecule has 0 unspecified atom stereocenters. The summed E-state index contributed by atoms with van der Waals surface area (Å²) >= 11 is 0. The molecule has 0 radical (unpaired) electrons. The van der Waals surface area contributed by atoms with Crippen molar-refractivity contribution in [3.05, 3.63) is 68.6 Å². The van der Waals surface area contributed by atoms with E-state index in [1.807, 2.05) is 4.57 Å². The number of esters is 1. The number of pyridine rings is 1. The summed E-state index contributed by atoms with van der Waals surface area (Å²) in [5, 5.41) is 0. The summed E-state index contributed by atoms with van der Waals surface area (Å²) in [5.74, 6) is -2.13. The number of ether oxygens (including phenoxy) is 1. The molecule has 1 aliphatic rings. The van der Waals surface area contributed by atoms with Gasteiger partial charge in [0.05, 0.1) is 6.61 Å². The zero-order valence-electron chi connectivity index (χ0n) is 14.7. The van der Waals surface area contributed by atoms with E-state index >= 15 is 0 Å². The van der Waals surface area contributed by atoms with Gasteiger partial charge < -0.3 is 9.30 Å². The van der Waals surface area contributed by atoms with Gasteiger partial charge in [0.1, 0.15) is 6.54 Å². The highest BCUT2D eigenvalue weighted by Crippen LogP contribution is 2.22. The summed E-state index contributed by atoms with van der Waals surface area (Å²) in [4.78, 5) is 24.4. The molecular formula is C20H21F2NO3. The molecule has 0 bridgehead atoms. The van der Waals surface area contributed by atoms with Crippen LogP contribution in [-0.4, -0.2) is 17.1 Å². The molecule has 0 saturated heterocycles. The maximum atomic E-state index is 13.9. The van der Waals surface area contributed by atoms with Crippen LogP contribution in [0.2, 0.25) is 0 Å². The molecule has 6 heteroatoms. The molecule has 0 aliphatic heterocycles. The molecule has 0 atom stereocenters. The van der Waals surface area contributed by atoms with Crippen LogP contribution in [0.3, 0.4) is 0 Å². The summed E-state index contributed by atoms with van der Waals surface area (Å²) in [7, 11) is 0. The van der Waals surface area contributed by atoms with E-state index in [2.05, 4.69) is 0 Å². The standard InChI is InChI=1S/C20H21F2NO3/c1-2-26-19(25)12-23-14(11-18(24)15-6-4-8-17(15)23)10-9-13-5-3-7-16(21)20(13)22/h3,5,7,11H,2,4,6,8-10,12H2,1H3. The minimum absolute atomic E-state index is 0.0252. The Bertz CT molecular complexity index is 889. The Balaban J connectivity index is 1.92. The van der Waals surface area contributed by atoms with Crippen LogP contribution in [0.15, 0.2) is 29.1 Å². The second kappa shape index (κ2) is 7.81. The van der Waals surface area contributed by atoms with E-state index in [9.17, 15) is 18.4 Å². The van der Waals surface area contributed by atoms with Gasteiger partial charge in [-0.15, -0.1) is 0 Å². The molecule has 1 aromatic carbocycles. The number of aromatic nitrogens is 1. The fourth-order valence-corrected chi connectivity index (χ4v) is 3.52. The van der Waals surface area contributed by atoms with Crippen LogP contribution < -0.4 is 5.43 Å². The number of fused-ring (bicyclic) bond motifs is 1. The molecule has 0 amide bonds. The topological polar surface area (TPSA) is 48.3 Å². The van der Waals surface area contributed by atoms with E-state index in [0.29, 0.717) is 18.5 Å². The van der Waals surface area contributed by atoms with Gasteiger partial charge in [-0.2, -0.15) is 0 Å². The van der Waals surface area contributed by atoms with Crippen molar-refractivity contribution in [3.8, 4) is 0 Å². The zero-order chi connectivity index (χ0) is 18.7. The van der Waals surface area contributed by atoms with Gasteiger partial charge in [0, 0.05) is 23.0 Å². The van der Waals surface area contributed by atoms with Crippen LogP contribution in [0.1, 0.15) is 35.9 Å². The number of nitrogens with zero attached hydrogens (tertiary/aromatic N) is 1. The van der Waals surface area contributed by atoms with Crippen LogP contribution in [0.25, 0.3) is 0 Å². The molecule has 3 rings (SSSR count). The number of carbonyl (C=O) groups is 1. The van der Waals surface area contributed by atoms with E-state index in [4.69, 9.17) is 4.74 Å². The monoisotopic (exact) mass is 361 g/mol. The van der Waals surface area contributed by atoms with E-state index in [0.717, 1.165) is 30.2 Å². The lowest BCUT2D eigenvalue weighted by molar-refractivity contribution is -0.143. The average Bonchev–Trinajstić information content (AvgIpc) is 3.10. The quantitative estimate of drug-likeness (QED) is 0.744. The van der Waals surface area contributed by atoms with Crippen molar-refractivity contribution < 1.29 is 18.3 Å². The van der Waals surface area contributed by atoms with Crippen molar-refractivity contribution in [2.75, 3.05) is 6.61 Å². The summed E-state index contributed by atoms with van der Waals surface area (Å²) in [6, 6.07) is 5.58. The zero-order valence-corrected chi connectivity index (χ0v) is 14.7. The molecule has 1 aliphatic carbocycles. The number of hydrogen-bond acceptors (Lipinski definition) is 3. The molecular weight excluding hydrogens is 340 g/mol. The Morgan fingerprint density at radius 2 is 2.04 bits per heavy atom. The van der Waals surface area contributed by atoms with Gasteiger partial charge in [-0.25, -0.2) is 8.78 Å². The Hall–Kier alpha value is -2.50. The van der Waals surface area contributed by atoms with Gasteiger partial charge in [0.25, 0.3) is 0 Å². The van der Waals surface area contributed by atoms with Crippen molar-refractivity contribution in [2.45, 2.75) is 45.6 Å².